The van der Waals surface area contributed by atoms with E-state index in [1.807, 2.05) is 0 Å². The zero-order chi connectivity index (χ0) is 32.2. The summed E-state index contributed by atoms with van der Waals surface area (Å²) in [5.41, 5.74) is 13.0. The maximum absolute atomic E-state index is 9.07. The highest BCUT2D eigenvalue weighted by Gasteiger charge is 2.39. The van der Waals surface area contributed by atoms with E-state index in [9.17, 15) is 0 Å². The summed E-state index contributed by atoms with van der Waals surface area (Å²) in [7, 11) is 0. The zero-order valence-electron chi connectivity index (χ0n) is 29.4. The molecule has 0 aliphatic heterocycles. The van der Waals surface area contributed by atoms with Crippen LogP contribution in [0.3, 0.4) is 0 Å². The summed E-state index contributed by atoms with van der Waals surface area (Å²) in [5, 5.41) is 16.8. The van der Waals surface area contributed by atoms with Crippen molar-refractivity contribution in [2.75, 3.05) is 0 Å². The van der Waals surface area contributed by atoms with Gasteiger partial charge in [0, 0.05) is 46.4 Å². The van der Waals surface area contributed by atoms with Crippen molar-refractivity contribution in [2.24, 2.45) is 46.7 Å². The van der Waals surface area contributed by atoms with Crippen molar-refractivity contribution in [3.63, 3.8) is 0 Å². The topological polar surface area (TPSA) is 73.9 Å². The number of allylic oxidation sites excluding steroid dienone is 8. The first-order valence-electron chi connectivity index (χ1n) is 18.5. The van der Waals surface area contributed by atoms with Crippen molar-refractivity contribution < 1.29 is 0 Å². The second-order valence-corrected chi connectivity index (χ2v) is 16.4. The van der Waals surface area contributed by atoms with Crippen LogP contribution in [0.25, 0.3) is 0 Å². The summed E-state index contributed by atoms with van der Waals surface area (Å²) in [4.78, 5) is 0. The van der Waals surface area contributed by atoms with Crippen LogP contribution >= 0.6 is 0 Å². The van der Waals surface area contributed by atoms with Crippen molar-refractivity contribution in [3.05, 3.63) is 71.3 Å². The molecule has 248 valence electrons. The normalized spacial score (nSPS) is 37.2. The standard InChI is InChI=1S/C41H64N4/c1-28-12-10-14-32(24-28)35-25-33(39-30(3)13-11-17-37(39)45-34-15-8-7-9-16-34)18-19-36(35)44-23-22-41(6,43)27-38(42)40(5)21-20-29(2)31(4)26-40/h8,10,12,15-16,22-23,25,28-32,37,39,42,44-45H,7,9,11,13-14,17-21,24,26-27,43H2,1-6H3/b23-22+,42-38?. The molecule has 5 N–H and O–H groups in total. The molecule has 0 bridgehead atoms. The van der Waals surface area contributed by atoms with E-state index in [2.05, 4.69) is 101 Å². The molecule has 2 saturated carbocycles. The molecule has 5 aliphatic carbocycles. The highest BCUT2D eigenvalue weighted by molar-refractivity contribution is 5.88. The van der Waals surface area contributed by atoms with E-state index in [-0.39, 0.29) is 5.41 Å². The first-order valence-corrected chi connectivity index (χ1v) is 18.5. The molecule has 0 spiro atoms. The van der Waals surface area contributed by atoms with E-state index < -0.39 is 5.54 Å². The minimum absolute atomic E-state index is 0.0218. The smallest absolute Gasteiger partial charge is 0.0380 e. The Morgan fingerprint density at radius 3 is 2.62 bits per heavy atom. The van der Waals surface area contributed by atoms with Crippen LogP contribution < -0.4 is 16.4 Å². The van der Waals surface area contributed by atoms with Gasteiger partial charge in [0.05, 0.1) is 0 Å². The largest absolute Gasteiger partial charge is 0.382 e. The lowest BCUT2D eigenvalue weighted by Gasteiger charge is -2.42. The van der Waals surface area contributed by atoms with E-state index in [0.717, 1.165) is 56.6 Å². The molecule has 5 aliphatic rings. The van der Waals surface area contributed by atoms with Crippen molar-refractivity contribution in [2.45, 2.75) is 137 Å². The minimum Gasteiger partial charge on any atom is -0.382 e. The van der Waals surface area contributed by atoms with Gasteiger partial charge in [0.1, 0.15) is 0 Å². The lowest BCUT2D eigenvalue weighted by Crippen LogP contribution is -2.43. The van der Waals surface area contributed by atoms with Crippen LogP contribution in [-0.4, -0.2) is 17.3 Å². The third kappa shape index (κ3) is 8.53. The van der Waals surface area contributed by atoms with Gasteiger partial charge in [-0.05, 0) is 131 Å². The number of hydrogen-bond acceptors (Lipinski definition) is 4. The first-order chi connectivity index (χ1) is 21.4. The highest BCUT2D eigenvalue weighted by atomic mass is 14.9. The Morgan fingerprint density at radius 1 is 1.07 bits per heavy atom. The Labute approximate surface area is 275 Å². The van der Waals surface area contributed by atoms with E-state index in [1.54, 1.807) is 5.57 Å². The van der Waals surface area contributed by atoms with E-state index >= 15 is 0 Å². The van der Waals surface area contributed by atoms with Gasteiger partial charge in [0.15, 0.2) is 0 Å². The van der Waals surface area contributed by atoms with Crippen LogP contribution in [-0.2, 0) is 0 Å². The molecule has 45 heavy (non-hydrogen) atoms. The number of hydrogen-bond donors (Lipinski definition) is 4. The lowest BCUT2D eigenvalue weighted by atomic mass is 9.63. The molecule has 0 amide bonds. The molecule has 4 nitrogen and oxygen atoms in total. The van der Waals surface area contributed by atoms with Gasteiger partial charge in [0.2, 0.25) is 0 Å². The second-order valence-electron chi connectivity index (χ2n) is 16.4. The molecule has 9 unspecified atom stereocenters. The fourth-order valence-electron chi connectivity index (χ4n) is 9.15. The lowest BCUT2D eigenvalue weighted by molar-refractivity contribution is 0.176. The maximum atomic E-state index is 9.07. The highest BCUT2D eigenvalue weighted by Crippen LogP contribution is 2.45. The molecule has 0 heterocycles. The van der Waals surface area contributed by atoms with Crippen molar-refractivity contribution in [1.82, 2.24) is 10.6 Å². The summed E-state index contributed by atoms with van der Waals surface area (Å²) >= 11 is 0. The predicted octanol–water partition coefficient (Wildman–Crippen LogP) is 9.88. The van der Waals surface area contributed by atoms with Gasteiger partial charge in [0.25, 0.3) is 0 Å². The van der Waals surface area contributed by atoms with Crippen LogP contribution in [0.5, 0.6) is 0 Å². The fourth-order valence-corrected chi connectivity index (χ4v) is 9.15. The molecule has 4 heteroatoms. The molecular weight excluding hydrogens is 548 g/mol. The summed E-state index contributed by atoms with van der Waals surface area (Å²) in [6.07, 6.45) is 33.5. The van der Waals surface area contributed by atoms with Crippen molar-refractivity contribution >= 4 is 5.71 Å². The third-order valence-electron chi connectivity index (χ3n) is 12.2. The second kappa shape index (κ2) is 14.6. The third-order valence-corrected chi connectivity index (χ3v) is 12.2. The van der Waals surface area contributed by atoms with E-state index in [1.165, 1.54) is 49.1 Å². The van der Waals surface area contributed by atoms with Gasteiger partial charge in [-0.1, -0.05) is 77.0 Å². The first kappa shape index (κ1) is 34.0. The molecule has 5 rings (SSSR count). The molecule has 2 fully saturated rings. The van der Waals surface area contributed by atoms with Crippen LogP contribution in [0.1, 0.15) is 125 Å². The minimum atomic E-state index is -0.545. The molecule has 9 atom stereocenters. The molecule has 0 radical (unpaired) electrons. The Kier molecular flexibility index (Phi) is 11.0. The summed E-state index contributed by atoms with van der Waals surface area (Å²) < 4.78 is 0. The average Bonchev–Trinajstić information content (AvgIpc) is 3.00. The van der Waals surface area contributed by atoms with Gasteiger partial charge in [-0.25, -0.2) is 0 Å². The van der Waals surface area contributed by atoms with E-state index in [4.69, 9.17) is 11.1 Å². The van der Waals surface area contributed by atoms with Gasteiger partial charge in [-0.15, -0.1) is 0 Å². The Balaban J connectivity index is 1.34. The van der Waals surface area contributed by atoms with Gasteiger partial charge >= 0.3 is 0 Å². The van der Waals surface area contributed by atoms with Crippen LogP contribution in [0.4, 0.5) is 0 Å². The molecule has 0 aromatic carbocycles. The summed E-state index contributed by atoms with van der Waals surface area (Å²) in [6, 6.07) is 0.514. The monoisotopic (exact) mass is 613 g/mol. The van der Waals surface area contributed by atoms with Gasteiger partial charge < -0.3 is 21.8 Å². The fraction of sp³-hybridized carbons (Fsp3) is 0.683. The Morgan fingerprint density at radius 2 is 1.89 bits per heavy atom. The number of rotatable bonds is 10. The number of nitrogens with two attached hydrogens (primary N) is 1. The quantitative estimate of drug-likeness (QED) is 0.147. The molecule has 0 aromatic heterocycles. The molecular formula is C41H64N4. The van der Waals surface area contributed by atoms with E-state index in [0.29, 0.717) is 42.1 Å². The Bertz CT molecular complexity index is 1240. The molecule has 0 saturated heterocycles. The molecule has 0 aromatic rings. The Hall–Kier alpha value is -2.33. The van der Waals surface area contributed by atoms with Crippen molar-refractivity contribution in [1.29, 1.82) is 5.41 Å². The van der Waals surface area contributed by atoms with Gasteiger partial charge in [-0.2, -0.15) is 0 Å². The SMILES string of the molecule is CC1C=CCC(C2=C(N/C=C/C(C)(N)CC(=N)C3(C)CCC(C)C(C)C3)CCC(C3C(C)CCCC3NC3=CCCC=C3)=C2)C1. The number of nitrogens with one attached hydrogen (secondary N) is 3. The van der Waals surface area contributed by atoms with Crippen LogP contribution in [0.15, 0.2) is 71.3 Å². The van der Waals surface area contributed by atoms with Crippen LogP contribution in [0.2, 0.25) is 0 Å². The predicted molar refractivity (Wildman–Crippen MR) is 193 cm³/mol. The summed E-state index contributed by atoms with van der Waals surface area (Å²) in [5.74, 6) is 3.87. The van der Waals surface area contributed by atoms with Gasteiger partial charge in [-0.3, -0.25) is 0 Å². The zero-order valence-corrected chi connectivity index (χ0v) is 29.4. The van der Waals surface area contributed by atoms with Crippen LogP contribution in [0, 0.1) is 46.3 Å². The summed E-state index contributed by atoms with van der Waals surface area (Å²) in [6.45, 7) is 14.0. The maximum Gasteiger partial charge on any atom is 0.0380 e. The average molecular weight is 613 g/mol. The van der Waals surface area contributed by atoms with Crippen molar-refractivity contribution in [3.8, 4) is 0 Å².